The maximum atomic E-state index is 5.92. The molecule has 2 rings (SSSR count). The predicted octanol–water partition coefficient (Wildman–Crippen LogP) is 2.36. The minimum absolute atomic E-state index is 0.813. The lowest BCUT2D eigenvalue weighted by Crippen LogP contribution is -1.95. The van der Waals surface area contributed by atoms with Crippen molar-refractivity contribution in [1.82, 2.24) is 9.78 Å². The number of benzene rings is 1. The molecule has 0 fully saturated rings. The zero-order chi connectivity index (χ0) is 10.8. The second kappa shape index (κ2) is 4.06. The third-order valence-electron chi connectivity index (χ3n) is 2.26. The van der Waals surface area contributed by atoms with Crippen LogP contribution in [0, 0.1) is 0 Å². The molecule has 1 aromatic heterocycles. The van der Waals surface area contributed by atoms with Gasteiger partial charge in [-0.15, -0.1) is 0 Å². The largest absolute Gasteiger partial charge is 0.398 e. The van der Waals surface area contributed by atoms with Gasteiger partial charge in [-0.3, -0.25) is 4.68 Å². The molecule has 0 unspecified atom stereocenters. The van der Waals surface area contributed by atoms with E-state index in [-0.39, 0.29) is 0 Å². The Morgan fingerprint density at radius 2 is 2.27 bits per heavy atom. The maximum Gasteiger partial charge on any atom is 0.0525 e. The number of anilines is 1. The Hall–Kier alpha value is -1.29. The number of aryl methyl sites for hydroxylation is 1. The van der Waals surface area contributed by atoms with Crippen LogP contribution < -0.4 is 5.73 Å². The third-order valence-corrected chi connectivity index (χ3v) is 2.75. The van der Waals surface area contributed by atoms with Gasteiger partial charge in [0, 0.05) is 29.8 Å². The van der Waals surface area contributed by atoms with E-state index in [4.69, 9.17) is 5.73 Å². The summed E-state index contributed by atoms with van der Waals surface area (Å²) in [6, 6.07) is 5.96. The van der Waals surface area contributed by atoms with E-state index in [1.165, 1.54) is 5.56 Å². The quantitative estimate of drug-likeness (QED) is 0.848. The zero-order valence-corrected chi connectivity index (χ0v) is 10.0. The van der Waals surface area contributed by atoms with Gasteiger partial charge >= 0.3 is 0 Å². The van der Waals surface area contributed by atoms with Crippen molar-refractivity contribution < 1.29 is 0 Å². The molecule has 1 aromatic carbocycles. The van der Waals surface area contributed by atoms with Gasteiger partial charge in [-0.05, 0) is 23.3 Å². The molecule has 15 heavy (non-hydrogen) atoms. The number of halogens is 1. The molecule has 4 heteroatoms. The van der Waals surface area contributed by atoms with Crippen LogP contribution in [0.4, 0.5) is 5.69 Å². The highest BCUT2D eigenvalue weighted by atomic mass is 79.9. The molecule has 0 amide bonds. The number of hydrogen-bond acceptors (Lipinski definition) is 2. The van der Waals surface area contributed by atoms with Crippen LogP contribution in [0.5, 0.6) is 0 Å². The molecule has 0 aliphatic carbocycles. The van der Waals surface area contributed by atoms with E-state index in [2.05, 4.69) is 21.0 Å². The summed E-state index contributed by atoms with van der Waals surface area (Å²) in [5.74, 6) is 0. The number of hydrogen-bond donors (Lipinski definition) is 1. The van der Waals surface area contributed by atoms with Crippen LogP contribution in [-0.4, -0.2) is 9.78 Å². The summed E-state index contributed by atoms with van der Waals surface area (Å²) in [4.78, 5) is 0. The monoisotopic (exact) mass is 265 g/mol. The highest BCUT2D eigenvalue weighted by molar-refractivity contribution is 9.10. The molecule has 0 saturated carbocycles. The Morgan fingerprint density at radius 3 is 2.87 bits per heavy atom. The van der Waals surface area contributed by atoms with E-state index in [0.29, 0.717) is 0 Å². The number of aromatic nitrogens is 2. The summed E-state index contributed by atoms with van der Waals surface area (Å²) in [6.45, 7) is 0. The molecule has 0 spiro atoms. The van der Waals surface area contributed by atoms with Gasteiger partial charge in [-0.25, -0.2) is 0 Å². The molecule has 1 heterocycles. The summed E-state index contributed by atoms with van der Waals surface area (Å²) in [5, 5.41) is 4.13. The van der Waals surface area contributed by atoms with Crippen LogP contribution in [0.1, 0.15) is 11.1 Å². The molecule has 0 atom stereocenters. The minimum atomic E-state index is 0.813. The average molecular weight is 266 g/mol. The summed E-state index contributed by atoms with van der Waals surface area (Å²) < 4.78 is 2.81. The number of rotatable bonds is 2. The highest BCUT2D eigenvalue weighted by Gasteiger charge is 2.02. The Kier molecular flexibility index (Phi) is 2.77. The SMILES string of the molecule is Cn1cc(Cc2ccc(Br)cc2N)cn1. The number of nitrogens with two attached hydrogens (primary N) is 1. The number of nitrogen functional groups attached to an aromatic ring is 1. The van der Waals surface area contributed by atoms with E-state index in [1.54, 1.807) is 4.68 Å². The topological polar surface area (TPSA) is 43.8 Å². The summed E-state index contributed by atoms with van der Waals surface area (Å²) in [7, 11) is 1.91. The van der Waals surface area contributed by atoms with Crippen molar-refractivity contribution in [3.05, 3.63) is 46.2 Å². The number of nitrogens with zero attached hydrogens (tertiary/aromatic N) is 2. The van der Waals surface area contributed by atoms with Crippen LogP contribution in [-0.2, 0) is 13.5 Å². The fourth-order valence-electron chi connectivity index (χ4n) is 1.51. The van der Waals surface area contributed by atoms with Crippen molar-refractivity contribution in [3.63, 3.8) is 0 Å². The fourth-order valence-corrected chi connectivity index (χ4v) is 1.89. The van der Waals surface area contributed by atoms with Gasteiger partial charge in [0.1, 0.15) is 0 Å². The van der Waals surface area contributed by atoms with Gasteiger partial charge in [0.2, 0.25) is 0 Å². The smallest absolute Gasteiger partial charge is 0.0525 e. The second-order valence-corrected chi connectivity index (χ2v) is 4.46. The van der Waals surface area contributed by atoms with E-state index >= 15 is 0 Å². The second-order valence-electron chi connectivity index (χ2n) is 3.54. The molecule has 2 N–H and O–H groups in total. The summed E-state index contributed by atoms with van der Waals surface area (Å²) in [6.07, 6.45) is 4.69. The lowest BCUT2D eigenvalue weighted by molar-refractivity contribution is 0.767. The molecular weight excluding hydrogens is 254 g/mol. The van der Waals surface area contributed by atoms with Gasteiger partial charge in [0.05, 0.1) is 6.20 Å². The fraction of sp³-hybridized carbons (Fsp3) is 0.182. The van der Waals surface area contributed by atoms with Gasteiger partial charge in [-0.1, -0.05) is 22.0 Å². The Balaban J connectivity index is 2.24. The Morgan fingerprint density at radius 1 is 1.47 bits per heavy atom. The van der Waals surface area contributed by atoms with Crippen LogP contribution >= 0.6 is 15.9 Å². The van der Waals surface area contributed by atoms with Gasteiger partial charge in [-0.2, -0.15) is 5.10 Å². The molecule has 0 bridgehead atoms. The van der Waals surface area contributed by atoms with Gasteiger partial charge in [0.25, 0.3) is 0 Å². The van der Waals surface area contributed by atoms with E-state index in [1.807, 2.05) is 37.6 Å². The molecule has 2 aromatic rings. The molecule has 0 radical (unpaired) electrons. The Labute approximate surface area is 97.0 Å². The lowest BCUT2D eigenvalue weighted by atomic mass is 10.1. The van der Waals surface area contributed by atoms with Crippen molar-refractivity contribution in [2.45, 2.75) is 6.42 Å². The molecule has 0 saturated heterocycles. The molecule has 3 nitrogen and oxygen atoms in total. The molecule has 78 valence electrons. The lowest BCUT2D eigenvalue weighted by Gasteiger charge is -2.04. The molecule has 0 aliphatic heterocycles. The van der Waals surface area contributed by atoms with Crippen LogP contribution in [0.2, 0.25) is 0 Å². The minimum Gasteiger partial charge on any atom is -0.398 e. The van der Waals surface area contributed by atoms with Crippen LogP contribution in [0.25, 0.3) is 0 Å². The Bertz CT molecular complexity index is 476. The normalized spacial score (nSPS) is 10.5. The van der Waals surface area contributed by atoms with Crippen molar-refractivity contribution in [3.8, 4) is 0 Å². The highest BCUT2D eigenvalue weighted by Crippen LogP contribution is 2.20. The first-order chi connectivity index (χ1) is 7.15. The van der Waals surface area contributed by atoms with Crippen molar-refractivity contribution >= 4 is 21.6 Å². The average Bonchev–Trinajstić information content (AvgIpc) is 2.56. The van der Waals surface area contributed by atoms with Crippen molar-refractivity contribution in [1.29, 1.82) is 0 Å². The third kappa shape index (κ3) is 2.39. The van der Waals surface area contributed by atoms with E-state index in [9.17, 15) is 0 Å². The van der Waals surface area contributed by atoms with Crippen molar-refractivity contribution in [2.24, 2.45) is 7.05 Å². The standard InChI is InChI=1S/C11H12BrN3/c1-15-7-8(6-14-15)4-9-2-3-10(12)5-11(9)13/h2-3,5-7H,4,13H2,1H3. The van der Waals surface area contributed by atoms with Crippen molar-refractivity contribution in [2.75, 3.05) is 5.73 Å². The van der Waals surface area contributed by atoms with Gasteiger partial charge < -0.3 is 5.73 Å². The first-order valence-electron chi connectivity index (χ1n) is 4.66. The summed E-state index contributed by atoms with van der Waals surface area (Å²) >= 11 is 3.39. The maximum absolute atomic E-state index is 5.92. The summed E-state index contributed by atoms with van der Waals surface area (Å²) in [5.41, 5.74) is 9.04. The van der Waals surface area contributed by atoms with E-state index in [0.717, 1.165) is 22.1 Å². The first-order valence-corrected chi connectivity index (χ1v) is 5.46. The molecular formula is C11H12BrN3. The zero-order valence-electron chi connectivity index (χ0n) is 8.44. The van der Waals surface area contributed by atoms with E-state index < -0.39 is 0 Å². The predicted molar refractivity (Wildman–Crippen MR) is 64.6 cm³/mol. The molecule has 0 aliphatic rings. The first kappa shape index (κ1) is 10.2. The van der Waals surface area contributed by atoms with Crippen LogP contribution in [0.3, 0.4) is 0 Å². The van der Waals surface area contributed by atoms with Gasteiger partial charge in [0.15, 0.2) is 0 Å². The van der Waals surface area contributed by atoms with Crippen LogP contribution in [0.15, 0.2) is 35.1 Å².